The van der Waals surface area contributed by atoms with Gasteiger partial charge in [-0.05, 0) is 13.3 Å². The van der Waals surface area contributed by atoms with E-state index in [1.807, 2.05) is 0 Å². The molecule has 1 unspecified atom stereocenters. The van der Waals surface area contributed by atoms with E-state index in [4.69, 9.17) is 0 Å². The molecule has 0 heterocycles. The molecule has 0 aromatic heterocycles. The van der Waals surface area contributed by atoms with Crippen molar-refractivity contribution in [2.75, 3.05) is 20.6 Å². The molecule has 0 radical (unpaired) electrons. The quantitative estimate of drug-likeness (QED) is 0.217. The summed E-state index contributed by atoms with van der Waals surface area (Å²) in [4.78, 5) is 61.8. The fourth-order valence-electron chi connectivity index (χ4n) is 2.88. The van der Waals surface area contributed by atoms with Gasteiger partial charge in [0.1, 0.15) is 0 Å². The summed E-state index contributed by atoms with van der Waals surface area (Å²) in [6, 6.07) is 0. The second-order valence-electron chi connectivity index (χ2n) is 6.15. The summed E-state index contributed by atoms with van der Waals surface area (Å²) in [5, 5.41) is 1.73. The number of rotatable bonds is 8. The van der Waals surface area contributed by atoms with Gasteiger partial charge in [0.2, 0.25) is 11.9 Å². The van der Waals surface area contributed by atoms with Gasteiger partial charge in [-0.15, -0.1) is 0 Å². The Bertz CT molecular complexity index is 909. The Morgan fingerprint density at radius 3 is 1.93 bits per heavy atom. The fraction of sp³-hybridized carbons (Fsp3) is 0.389. The number of carbonyl (C=O) groups excluding carboxylic acids is 5. The van der Waals surface area contributed by atoms with Crippen LogP contribution in [0.5, 0.6) is 0 Å². The van der Waals surface area contributed by atoms with E-state index in [1.165, 1.54) is 20.9 Å². The number of aldehydes is 1. The largest absolute Gasteiger partial charge is 0.344 e. The number of amides is 4. The summed E-state index contributed by atoms with van der Waals surface area (Å²) >= 11 is 0. The van der Waals surface area contributed by atoms with Crippen LogP contribution in [0.4, 0.5) is 17.6 Å². The van der Waals surface area contributed by atoms with Crippen LogP contribution in [0, 0.1) is 23.3 Å². The number of nitrogens with one attached hydrogen (secondary N) is 1. The highest BCUT2D eigenvalue weighted by Crippen LogP contribution is 2.29. The molecule has 4 amide bonds. The van der Waals surface area contributed by atoms with E-state index in [0.29, 0.717) is 4.90 Å². The van der Waals surface area contributed by atoms with Crippen molar-refractivity contribution >= 4 is 30.4 Å². The van der Waals surface area contributed by atoms with Crippen molar-refractivity contribution < 1.29 is 41.5 Å². The summed E-state index contributed by atoms with van der Waals surface area (Å²) in [5.41, 5.74) is -5.38. The molecule has 0 bridgehead atoms. The number of likely N-dealkylation sites (N-methyl/N-ethyl adjacent to an activating group) is 2. The van der Waals surface area contributed by atoms with Crippen LogP contribution >= 0.6 is 0 Å². The Morgan fingerprint density at radius 1 is 0.967 bits per heavy atom. The minimum absolute atomic E-state index is 0.0566. The summed E-state index contributed by atoms with van der Waals surface area (Å²) < 4.78 is 55.4. The number of imide groups is 1. The van der Waals surface area contributed by atoms with E-state index in [0.717, 1.165) is 11.9 Å². The number of halogens is 4. The number of benzene rings is 1. The summed E-state index contributed by atoms with van der Waals surface area (Å²) in [6.45, 7) is 2.88. The molecule has 0 spiro atoms. The average molecular weight is 433 g/mol. The minimum Gasteiger partial charge on any atom is -0.344 e. The van der Waals surface area contributed by atoms with E-state index in [2.05, 4.69) is 0 Å². The van der Waals surface area contributed by atoms with E-state index in [9.17, 15) is 41.5 Å². The first-order chi connectivity index (χ1) is 14.0. The Kier molecular flexibility index (Phi) is 7.80. The highest BCUT2D eigenvalue weighted by Gasteiger charge is 2.52. The van der Waals surface area contributed by atoms with Crippen LogP contribution in [0.25, 0.3) is 0 Å². The third-order valence-electron chi connectivity index (χ3n) is 4.76. The highest BCUT2D eigenvalue weighted by atomic mass is 19.2. The molecule has 0 aliphatic heterocycles. The average Bonchev–Trinajstić information content (AvgIpc) is 2.74. The molecular formula is C18H19F4N3O5. The molecule has 8 nitrogen and oxygen atoms in total. The molecule has 0 aliphatic rings. The molecule has 12 heteroatoms. The molecule has 164 valence electrons. The predicted octanol–water partition coefficient (Wildman–Crippen LogP) is 1.03. The first kappa shape index (κ1) is 24.7. The topological polar surface area (TPSA) is 104 Å². The summed E-state index contributed by atoms with van der Waals surface area (Å²) in [6.07, 6.45) is -0.900. The number of hydrogen-bond acceptors (Lipinski definition) is 5. The standard InChI is InChI=1S/C18H19F4N3O5/c1-5-18(16(29)23-8-27,17(30)24(3)6-2)25(4)15(28)10-9(7-26)11(19)13(21)14(22)12(10)20/h7-8H,5-6H2,1-4H3,(H,23,27,29). The second kappa shape index (κ2) is 9.46. The Balaban J connectivity index is 3.82. The molecule has 0 saturated carbocycles. The maximum absolute atomic E-state index is 14.3. The molecule has 0 aliphatic carbocycles. The molecule has 0 fully saturated rings. The van der Waals surface area contributed by atoms with Crippen molar-refractivity contribution in [2.24, 2.45) is 0 Å². The molecular weight excluding hydrogens is 414 g/mol. The van der Waals surface area contributed by atoms with Crippen LogP contribution in [-0.4, -0.2) is 66.4 Å². The number of carbonyl (C=O) groups is 5. The van der Waals surface area contributed by atoms with Crippen molar-refractivity contribution in [3.8, 4) is 0 Å². The van der Waals surface area contributed by atoms with Crippen LogP contribution in [0.1, 0.15) is 41.0 Å². The summed E-state index contributed by atoms with van der Waals surface area (Å²) in [7, 11) is 2.11. The zero-order valence-corrected chi connectivity index (χ0v) is 16.5. The van der Waals surface area contributed by atoms with Gasteiger partial charge in [0, 0.05) is 20.6 Å². The van der Waals surface area contributed by atoms with E-state index < -0.39 is 70.4 Å². The van der Waals surface area contributed by atoms with Gasteiger partial charge in [-0.1, -0.05) is 6.92 Å². The van der Waals surface area contributed by atoms with E-state index >= 15 is 0 Å². The van der Waals surface area contributed by atoms with E-state index in [-0.39, 0.29) is 13.0 Å². The van der Waals surface area contributed by atoms with Gasteiger partial charge in [-0.3, -0.25) is 29.3 Å². The normalized spacial score (nSPS) is 12.5. The van der Waals surface area contributed by atoms with Gasteiger partial charge in [0.05, 0.1) is 11.1 Å². The van der Waals surface area contributed by atoms with Gasteiger partial charge in [-0.25, -0.2) is 17.6 Å². The zero-order valence-electron chi connectivity index (χ0n) is 16.5. The SMILES string of the molecule is CCN(C)C(=O)C(CC)(C(=O)NC=O)N(C)C(=O)c1c(F)c(F)c(F)c(F)c1C=O. The van der Waals surface area contributed by atoms with E-state index in [1.54, 1.807) is 5.32 Å². The highest BCUT2D eigenvalue weighted by molar-refractivity contribution is 6.16. The lowest BCUT2D eigenvalue weighted by Gasteiger charge is -2.40. The molecule has 1 rings (SSSR count). The maximum atomic E-state index is 14.3. The molecule has 0 saturated heterocycles. The lowest BCUT2D eigenvalue weighted by molar-refractivity contribution is -0.150. The third-order valence-corrected chi connectivity index (χ3v) is 4.76. The van der Waals surface area contributed by atoms with Gasteiger partial charge < -0.3 is 9.80 Å². The van der Waals surface area contributed by atoms with Crippen molar-refractivity contribution in [2.45, 2.75) is 25.8 Å². The minimum atomic E-state index is -2.45. The fourth-order valence-corrected chi connectivity index (χ4v) is 2.88. The smallest absolute Gasteiger partial charge is 0.262 e. The van der Waals surface area contributed by atoms with Gasteiger partial charge in [0.15, 0.2) is 29.6 Å². The molecule has 30 heavy (non-hydrogen) atoms. The monoisotopic (exact) mass is 433 g/mol. The first-order valence-electron chi connectivity index (χ1n) is 8.57. The van der Waals surface area contributed by atoms with Crippen molar-refractivity contribution in [3.63, 3.8) is 0 Å². The van der Waals surface area contributed by atoms with Crippen molar-refractivity contribution in [1.29, 1.82) is 0 Å². The summed E-state index contributed by atoms with van der Waals surface area (Å²) in [5.74, 6) is -12.9. The van der Waals surface area contributed by atoms with Gasteiger partial charge >= 0.3 is 0 Å². The van der Waals surface area contributed by atoms with Crippen LogP contribution in [-0.2, 0) is 14.4 Å². The maximum Gasteiger partial charge on any atom is 0.262 e. The van der Waals surface area contributed by atoms with Crippen LogP contribution in [0.15, 0.2) is 0 Å². The Morgan fingerprint density at radius 2 is 1.50 bits per heavy atom. The van der Waals surface area contributed by atoms with Crippen molar-refractivity contribution in [3.05, 3.63) is 34.4 Å². The number of hydrogen-bond donors (Lipinski definition) is 1. The predicted molar refractivity (Wildman–Crippen MR) is 94.3 cm³/mol. The molecule has 1 aromatic carbocycles. The lowest BCUT2D eigenvalue weighted by Crippen LogP contribution is -2.66. The third kappa shape index (κ3) is 3.76. The zero-order chi connectivity index (χ0) is 23.4. The van der Waals surface area contributed by atoms with Gasteiger partial charge in [0.25, 0.3) is 17.7 Å². The Hall–Kier alpha value is -3.31. The van der Waals surface area contributed by atoms with Crippen molar-refractivity contribution in [1.82, 2.24) is 15.1 Å². The molecule has 1 atom stereocenters. The van der Waals surface area contributed by atoms with Crippen LogP contribution < -0.4 is 5.32 Å². The van der Waals surface area contributed by atoms with Crippen LogP contribution in [0.2, 0.25) is 0 Å². The number of nitrogens with zero attached hydrogens (tertiary/aromatic N) is 2. The van der Waals surface area contributed by atoms with Gasteiger partial charge in [-0.2, -0.15) is 0 Å². The van der Waals surface area contributed by atoms with Crippen LogP contribution in [0.3, 0.4) is 0 Å². The molecule has 1 aromatic rings. The first-order valence-corrected chi connectivity index (χ1v) is 8.57. The Labute approximate surface area is 168 Å². The lowest BCUT2D eigenvalue weighted by atomic mass is 9.89. The second-order valence-corrected chi connectivity index (χ2v) is 6.15. The molecule has 1 N–H and O–H groups in total.